The van der Waals surface area contributed by atoms with Crippen LogP contribution in [0.4, 0.5) is 4.39 Å². The van der Waals surface area contributed by atoms with Gasteiger partial charge in [0.25, 0.3) is 5.91 Å². The number of halogens is 2. The molecule has 0 saturated carbocycles. The van der Waals surface area contributed by atoms with E-state index in [0.717, 1.165) is 19.5 Å². The number of nitrogens with zero attached hydrogens (tertiary/aromatic N) is 1. The molecule has 22 heavy (non-hydrogen) atoms. The molecule has 1 unspecified atom stereocenters. The first-order valence-electron chi connectivity index (χ1n) is 7.68. The molecule has 3 aliphatic rings. The summed E-state index contributed by atoms with van der Waals surface area (Å²) in [5.74, 6) is 0.551. The number of carbonyl (C=O) groups is 1. The first kappa shape index (κ1) is 15.5. The van der Waals surface area contributed by atoms with Gasteiger partial charge in [0.1, 0.15) is 5.82 Å². The van der Waals surface area contributed by atoms with Crippen LogP contribution in [-0.4, -0.2) is 36.5 Å². The normalized spacial score (nSPS) is 30.1. The summed E-state index contributed by atoms with van der Waals surface area (Å²) in [5.41, 5.74) is 0.395. The third-order valence-electron chi connectivity index (χ3n) is 4.91. The Morgan fingerprint density at radius 1 is 1.55 bits per heavy atom. The third-order valence-corrected chi connectivity index (χ3v) is 5.20. The minimum Gasteiger partial charge on any atom is -0.350 e. The maximum Gasteiger partial charge on any atom is 0.251 e. The Morgan fingerprint density at radius 3 is 3.00 bits per heavy atom. The standard InChI is InChI=1S/C17H20ClFN2O/c1-2-11-10-21-6-5-12(11)7-14(21)9-20-17(22)13-3-4-16(19)15(18)8-13/h2-4,8,11-12,14H,1,5-7,9-10H2,(H,20,22)/t11-,12-,14+/m0/s1. The van der Waals surface area contributed by atoms with Crippen molar-refractivity contribution in [3.05, 3.63) is 47.3 Å². The van der Waals surface area contributed by atoms with Crippen molar-refractivity contribution in [1.29, 1.82) is 0 Å². The van der Waals surface area contributed by atoms with Crippen LogP contribution in [0.15, 0.2) is 30.9 Å². The van der Waals surface area contributed by atoms with Crippen molar-refractivity contribution in [1.82, 2.24) is 10.2 Å². The molecule has 0 aromatic heterocycles. The number of hydrogen-bond acceptors (Lipinski definition) is 2. The van der Waals surface area contributed by atoms with Crippen LogP contribution in [0, 0.1) is 17.7 Å². The van der Waals surface area contributed by atoms with Gasteiger partial charge in [0, 0.05) is 24.7 Å². The zero-order valence-electron chi connectivity index (χ0n) is 12.4. The van der Waals surface area contributed by atoms with E-state index in [4.69, 9.17) is 11.6 Å². The Hall–Kier alpha value is -1.39. The minimum absolute atomic E-state index is 0.0260. The molecule has 5 heteroatoms. The number of benzene rings is 1. The number of carbonyl (C=O) groups excluding carboxylic acids is 1. The van der Waals surface area contributed by atoms with Gasteiger partial charge in [-0.1, -0.05) is 17.7 Å². The third kappa shape index (κ3) is 3.03. The number of nitrogens with one attached hydrogen (secondary N) is 1. The molecule has 1 aromatic rings. The predicted molar refractivity (Wildman–Crippen MR) is 85.5 cm³/mol. The van der Waals surface area contributed by atoms with Gasteiger partial charge in [-0.25, -0.2) is 4.39 Å². The molecule has 4 rings (SSSR count). The maximum absolute atomic E-state index is 13.1. The average Bonchev–Trinajstić information content (AvgIpc) is 2.55. The number of fused-ring (bicyclic) bond motifs is 3. The van der Waals surface area contributed by atoms with Crippen molar-refractivity contribution in [3.63, 3.8) is 0 Å². The molecule has 118 valence electrons. The van der Waals surface area contributed by atoms with E-state index in [0.29, 0.717) is 30.0 Å². The van der Waals surface area contributed by atoms with E-state index in [2.05, 4.69) is 22.9 Å². The summed E-state index contributed by atoms with van der Waals surface area (Å²) in [5, 5.41) is 2.92. The summed E-state index contributed by atoms with van der Waals surface area (Å²) < 4.78 is 13.1. The SMILES string of the molecule is C=C[C@H]1CN2CC[C@H]1C[C@@H]2CNC(=O)c1ccc(F)c(Cl)c1. The maximum atomic E-state index is 13.1. The molecule has 0 aliphatic carbocycles. The van der Waals surface area contributed by atoms with E-state index < -0.39 is 5.82 Å². The summed E-state index contributed by atoms with van der Waals surface area (Å²) >= 11 is 5.72. The molecular formula is C17H20ClFN2O. The van der Waals surface area contributed by atoms with E-state index >= 15 is 0 Å². The Kier molecular flexibility index (Phi) is 4.50. The van der Waals surface area contributed by atoms with Crippen LogP contribution in [0.1, 0.15) is 23.2 Å². The lowest BCUT2D eigenvalue weighted by atomic mass is 9.75. The zero-order valence-corrected chi connectivity index (χ0v) is 13.2. The topological polar surface area (TPSA) is 32.3 Å². The highest BCUT2D eigenvalue weighted by molar-refractivity contribution is 6.31. The first-order chi connectivity index (χ1) is 10.6. The molecule has 0 radical (unpaired) electrons. The van der Waals surface area contributed by atoms with E-state index in [9.17, 15) is 9.18 Å². The Bertz CT molecular complexity index is 592. The van der Waals surface area contributed by atoms with E-state index in [1.807, 2.05) is 0 Å². The van der Waals surface area contributed by atoms with Crippen molar-refractivity contribution in [2.24, 2.45) is 11.8 Å². The fraction of sp³-hybridized carbons (Fsp3) is 0.471. The second-order valence-corrected chi connectivity index (χ2v) is 6.58. The molecule has 3 aliphatic heterocycles. The summed E-state index contributed by atoms with van der Waals surface area (Å²) in [6.45, 7) is 6.67. The number of hydrogen-bond donors (Lipinski definition) is 1. The van der Waals surface area contributed by atoms with Crippen molar-refractivity contribution >= 4 is 17.5 Å². The molecule has 3 nitrogen and oxygen atoms in total. The van der Waals surface area contributed by atoms with Crippen molar-refractivity contribution < 1.29 is 9.18 Å². The van der Waals surface area contributed by atoms with Gasteiger partial charge in [-0.05, 0) is 49.4 Å². The summed E-state index contributed by atoms with van der Waals surface area (Å²) in [6.07, 6.45) is 4.38. The van der Waals surface area contributed by atoms with E-state index in [1.165, 1.54) is 24.6 Å². The number of amides is 1. The lowest BCUT2D eigenvalue weighted by molar-refractivity contribution is 0.0195. The summed E-state index contributed by atoms with van der Waals surface area (Å²) in [6, 6.07) is 4.43. The highest BCUT2D eigenvalue weighted by atomic mass is 35.5. The molecule has 3 heterocycles. The smallest absolute Gasteiger partial charge is 0.251 e. The van der Waals surface area contributed by atoms with Gasteiger partial charge in [0.15, 0.2) is 0 Å². The van der Waals surface area contributed by atoms with Gasteiger partial charge >= 0.3 is 0 Å². The van der Waals surface area contributed by atoms with Crippen LogP contribution in [0.25, 0.3) is 0 Å². The molecule has 1 aromatic carbocycles. The van der Waals surface area contributed by atoms with Gasteiger partial charge < -0.3 is 5.32 Å². The largest absolute Gasteiger partial charge is 0.350 e. The molecule has 3 fully saturated rings. The summed E-state index contributed by atoms with van der Waals surface area (Å²) in [7, 11) is 0. The summed E-state index contributed by atoms with van der Waals surface area (Å²) in [4.78, 5) is 14.6. The molecule has 3 saturated heterocycles. The van der Waals surface area contributed by atoms with Gasteiger partial charge in [-0.15, -0.1) is 6.58 Å². The van der Waals surface area contributed by atoms with Crippen LogP contribution < -0.4 is 5.32 Å². The Morgan fingerprint density at radius 2 is 2.36 bits per heavy atom. The second kappa shape index (κ2) is 6.39. The average molecular weight is 323 g/mol. The monoisotopic (exact) mass is 322 g/mol. The Labute approximate surface area is 135 Å². The molecule has 0 spiro atoms. The van der Waals surface area contributed by atoms with Crippen molar-refractivity contribution in [2.45, 2.75) is 18.9 Å². The fourth-order valence-corrected chi connectivity index (χ4v) is 3.79. The van der Waals surface area contributed by atoms with Gasteiger partial charge in [0.2, 0.25) is 0 Å². The van der Waals surface area contributed by atoms with Crippen LogP contribution >= 0.6 is 11.6 Å². The fourth-order valence-electron chi connectivity index (χ4n) is 3.61. The van der Waals surface area contributed by atoms with Crippen LogP contribution in [-0.2, 0) is 0 Å². The van der Waals surface area contributed by atoms with Crippen LogP contribution in [0.5, 0.6) is 0 Å². The van der Waals surface area contributed by atoms with Gasteiger partial charge in [0.05, 0.1) is 5.02 Å². The number of rotatable bonds is 4. The minimum atomic E-state index is -0.510. The highest BCUT2D eigenvalue weighted by Crippen LogP contribution is 2.36. The molecule has 1 amide bonds. The lowest BCUT2D eigenvalue weighted by Gasteiger charge is -2.49. The second-order valence-electron chi connectivity index (χ2n) is 6.17. The Balaban J connectivity index is 1.58. The molecule has 1 N–H and O–H groups in total. The van der Waals surface area contributed by atoms with Gasteiger partial charge in [-0.2, -0.15) is 0 Å². The van der Waals surface area contributed by atoms with Crippen LogP contribution in [0.2, 0.25) is 5.02 Å². The predicted octanol–water partition coefficient (Wildman–Crippen LogP) is 3.11. The first-order valence-corrected chi connectivity index (χ1v) is 8.06. The van der Waals surface area contributed by atoms with E-state index in [1.54, 1.807) is 0 Å². The molecule has 4 atom stereocenters. The van der Waals surface area contributed by atoms with Gasteiger partial charge in [-0.3, -0.25) is 9.69 Å². The highest BCUT2D eigenvalue weighted by Gasteiger charge is 2.38. The quantitative estimate of drug-likeness (QED) is 0.864. The molecular weight excluding hydrogens is 303 g/mol. The zero-order chi connectivity index (χ0) is 15.7. The van der Waals surface area contributed by atoms with Crippen molar-refractivity contribution in [2.75, 3.05) is 19.6 Å². The van der Waals surface area contributed by atoms with Crippen LogP contribution in [0.3, 0.4) is 0 Å². The van der Waals surface area contributed by atoms with E-state index in [-0.39, 0.29) is 10.9 Å². The lowest BCUT2D eigenvalue weighted by Crippen LogP contribution is -2.56. The molecule has 2 bridgehead atoms. The number of piperidine rings is 3. The van der Waals surface area contributed by atoms with Crippen molar-refractivity contribution in [3.8, 4) is 0 Å².